The van der Waals surface area contributed by atoms with Gasteiger partial charge in [-0.1, -0.05) is 19.9 Å². The zero-order valence-electron chi connectivity index (χ0n) is 9.86. The van der Waals surface area contributed by atoms with Crippen LogP contribution in [0.15, 0.2) is 18.2 Å². The molecule has 1 aromatic carbocycles. The summed E-state index contributed by atoms with van der Waals surface area (Å²) in [5.41, 5.74) is 2.56. The first kappa shape index (κ1) is 11.1. The normalized spacial score (nSPS) is 19.2. The number of benzene rings is 1. The number of hydrogen-bond acceptors (Lipinski definition) is 3. The van der Waals surface area contributed by atoms with Crippen molar-refractivity contribution in [1.29, 1.82) is 0 Å². The van der Waals surface area contributed by atoms with E-state index >= 15 is 0 Å². The number of nitro groups is 1. The molecular weight excluding hydrogens is 204 g/mol. The van der Waals surface area contributed by atoms with Gasteiger partial charge < -0.3 is 4.90 Å². The lowest BCUT2D eigenvalue weighted by Gasteiger charge is -2.37. The zero-order chi connectivity index (χ0) is 11.9. The van der Waals surface area contributed by atoms with Gasteiger partial charge in [0, 0.05) is 30.6 Å². The van der Waals surface area contributed by atoms with Crippen molar-refractivity contribution in [3.05, 3.63) is 39.4 Å². The van der Waals surface area contributed by atoms with Crippen LogP contribution in [0.3, 0.4) is 0 Å². The molecule has 4 heteroatoms. The molecule has 16 heavy (non-hydrogen) atoms. The van der Waals surface area contributed by atoms with E-state index in [2.05, 4.69) is 18.7 Å². The molecule has 0 unspecified atom stereocenters. The van der Waals surface area contributed by atoms with Gasteiger partial charge in [0.05, 0.1) is 4.92 Å². The second-order valence-corrected chi connectivity index (χ2v) is 5.15. The van der Waals surface area contributed by atoms with Crippen LogP contribution in [0, 0.1) is 10.1 Å². The number of fused-ring (bicyclic) bond motifs is 1. The van der Waals surface area contributed by atoms with E-state index in [-0.39, 0.29) is 16.0 Å². The van der Waals surface area contributed by atoms with Crippen LogP contribution in [-0.4, -0.2) is 23.4 Å². The summed E-state index contributed by atoms with van der Waals surface area (Å²) < 4.78 is 0. The molecule has 1 heterocycles. The Bertz CT molecular complexity index is 441. The molecule has 0 fully saturated rings. The molecule has 1 aliphatic heterocycles. The van der Waals surface area contributed by atoms with Gasteiger partial charge in [0.15, 0.2) is 0 Å². The SMILES string of the molecule is CN1Cc2cc([N+](=O)[O-])ccc2C(C)(C)C1. The van der Waals surface area contributed by atoms with Crippen LogP contribution < -0.4 is 0 Å². The maximum Gasteiger partial charge on any atom is 0.269 e. The number of nitrogens with zero attached hydrogens (tertiary/aromatic N) is 2. The maximum absolute atomic E-state index is 10.7. The van der Waals surface area contributed by atoms with Gasteiger partial charge in [0.25, 0.3) is 5.69 Å². The van der Waals surface area contributed by atoms with E-state index in [0.717, 1.165) is 18.7 Å². The van der Waals surface area contributed by atoms with Gasteiger partial charge in [-0.2, -0.15) is 0 Å². The topological polar surface area (TPSA) is 46.4 Å². The Morgan fingerprint density at radius 3 is 2.75 bits per heavy atom. The number of rotatable bonds is 1. The number of non-ortho nitro benzene ring substituents is 1. The van der Waals surface area contributed by atoms with E-state index in [1.165, 1.54) is 5.56 Å². The fraction of sp³-hybridized carbons (Fsp3) is 0.500. The summed E-state index contributed by atoms with van der Waals surface area (Å²) in [7, 11) is 2.05. The van der Waals surface area contributed by atoms with Crippen LogP contribution >= 0.6 is 0 Å². The molecule has 2 rings (SSSR count). The highest BCUT2D eigenvalue weighted by Gasteiger charge is 2.30. The summed E-state index contributed by atoms with van der Waals surface area (Å²) in [5.74, 6) is 0. The van der Waals surface area contributed by atoms with Crippen molar-refractivity contribution < 1.29 is 4.92 Å². The maximum atomic E-state index is 10.7. The summed E-state index contributed by atoms with van der Waals surface area (Å²) >= 11 is 0. The van der Waals surface area contributed by atoms with Crippen molar-refractivity contribution in [1.82, 2.24) is 4.90 Å². The molecule has 0 N–H and O–H groups in total. The van der Waals surface area contributed by atoms with Gasteiger partial charge in [0.1, 0.15) is 0 Å². The molecule has 0 atom stereocenters. The minimum absolute atomic E-state index is 0.0669. The fourth-order valence-corrected chi connectivity index (χ4v) is 2.59. The van der Waals surface area contributed by atoms with Crippen LogP contribution in [0.1, 0.15) is 25.0 Å². The first-order valence-electron chi connectivity index (χ1n) is 5.36. The lowest BCUT2D eigenvalue weighted by Crippen LogP contribution is -2.39. The minimum Gasteiger partial charge on any atom is -0.301 e. The molecular formula is C12H16N2O2. The van der Waals surface area contributed by atoms with Crippen molar-refractivity contribution in [2.24, 2.45) is 0 Å². The summed E-state index contributed by atoms with van der Waals surface area (Å²) in [6.45, 7) is 6.12. The number of likely N-dealkylation sites (N-methyl/N-ethyl adjacent to an activating group) is 1. The standard InChI is InChI=1S/C12H16N2O2/c1-12(2)8-13(3)7-9-6-10(14(15)16)4-5-11(9)12/h4-6H,7-8H2,1-3H3. The van der Waals surface area contributed by atoms with Crippen LogP contribution in [0.4, 0.5) is 5.69 Å². The third-order valence-electron chi connectivity index (χ3n) is 3.13. The Balaban J connectivity index is 2.51. The van der Waals surface area contributed by atoms with E-state index in [9.17, 15) is 10.1 Å². The quantitative estimate of drug-likeness (QED) is 0.539. The Morgan fingerprint density at radius 1 is 1.44 bits per heavy atom. The van der Waals surface area contributed by atoms with Gasteiger partial charge in [-0.25, -0.2) is 0 Å². The second kappa shape index (κ2) is 3.56. The Labute approximate surface area is 95.0 Å². The summed E-state index contributed by atoms with van der Waals surface area (Å²) in [6, 6.07) is 5.21. The molecule has 0 aromatic heterocycles. The third-order valence-corrected chi connectivity index (χ3v) is 3.13. The van der Waals surface area contributed by atoms with Crippen molar-refractivity contribution >= 4 is 5.69 Å². The summed E-state index contributed by atoms with van der Waals surface area (Å²) in [5, 5.41) is 10.7. The van der Waals surface area contributed by atoms with Gasteiger partial charge >= 0.3 is 0 Å². The molecule has 4 nitrogen and oxygen atoms in total. The molecule has 0 spiro atoms. The molecule has 0 bridgehead atoms. The molecule has 1 aromatic rings. The van der Waals surface area contributed by atoms with Crippen molar-refractivity contribution in [3.63, 3.8) is 0 Å². The zero-order valence-corrected chi connectivity index (χ0v) is 9.86. The minimum atomic E-state index is -0.331. The average molecular weight is 220 g/mol. The van der Waals surface area contributed by atoms with Crippen molar-refractivity contribution in [3.8, 4) is 0 Å². The Morgan fingerprint density at radius 2 is 2.12 bits per heavy atom. The van der Waals surface area contributed by atoms with Gasteiger partial charge in [0.2, 0.25) is 0 Å². The number of hydrogen-bond donors (Lipinski definition) is 0. The first-order chi connectivity index (χ1) is 7.40. The smallest absolute Gasteiger partial charge is 0.269 e. The highest BCUT2D eigenvalue weighted by Crippen LogP contribution is 2.34. The molecule has 0 saturated heterocycles. The Hall–Kier alpha value is -1.42. The highest BCUT2D eigenvalue weighted by molar-refractivity contribution is 5.44. The predicted molar refractivity (Wildman–Crippen MR) is 62.5 cm³/mol. The van der Waals surface area contributed by atoms with Crippen LogP contribution in [0.2, 0.25) is 0 Å². The molecule has 0 amide bonds. The lowest BCUT2D eigenvalue weighted by molar-refractivity contribution is -0.385. The summed E-state index contributed by atoms with van der Waals surface area (Å²) in [6.07, 6.45) is 0. The highest BCUT2D eigenvalue weighted by atomic mass is 16.6. The van der Waals surface area contributed by atoms with E-state index in [0.29, 0.717) is 0 Å². The molecule has 86 valence electrons. The molecule has 0 radical (unpaired) electrons. The van der Waals surface area contributed by atoms with Crippen molar-refractivity contribution in [2.75, 3.05) is 13.6 Å². The average Bonchev–Trinajstić information content (AvgIpc) is 2.14. The molecule has 0 aliphatic carbocycles. The van der Waals surface area contributed by atoms with E-state index in [1.54, 1.807) is 12.1 Å². The van der Waals surface area contributed by atoms with Crippen molar-refractivity contribution in [2.45, 2.75) is 25.8 Å². The summed E-state index contributed by atoms with van der Waals surface area (Å²) in [4.78, 5) is 12.6. The first-order valence-corrected chi connectivity index (χ1v) is 5.36. The van der Waals surface area contributed by atoms with Gasteiger partial charge in [-0.05, 0) is 18.2 Å². The Kier molecular flexibility index (Phi) is 2.46. The van der Waals surface area contributed by atoms with E-state index in [1.807, 2.05) is 13.1 Å². The van der Waals surface area contributed by atoms with Crippen LogP contribution in [0.5, 0.6) is 0 Å². The second-order valence-electron chi connectivity index (χ2n) is 5.15. The van der Waals surface area contributed by atoms with Gasteiger partial charge in [-0.3, -0.25) is 10.1 Å². The fourth-order valence-electron chi connectivity index (χ4n) is 2.59. The third kappa shape index (κ3) is 1.80. The number of nitro benzene ring substituents is 1. The monoisotopic (exact) mass is 220 g/mol. The molecule has 1 aliphatic rings. The van der Waals surface area contributed by atoms with E-state index in [4.69, 9.17) is 0 Å². The van der Waals surface area contributed by atoms with E-state index < -0.39 is 0 Å². The van der Waals surface area contributed by atoms with Crippen LogP contribution in [0.25, 0.3) is 0 Å². The van der Waals surface area contributed by atoms with Crippen LogP contribution in [-0.2, 0) is 12.0 Å². The van der Waals surface area contributed by atoms with Gasteiger partial charge in [-0.15, -0.1) is 0 Å². The lowest BCUT2D eigenvalue weighted by atomic mass is 9.78. The predicted octanol–water partition coefficient (Wildman–Crippen LogP) is 2.32. The molecule has 0 saturated carbocycles. The largest absolute Gasteiger partial charge is 0.301 e.